The molecular weight excluding hydrogens is 240 g/mol. The van der Waals surface area contributed by atoms with Gasteiger partial charge in [-0.2, -0.15) is 10.2 Å². The number of hydrogen-bond acceptors (Lipinski definition) is 4. The van der Waals surface area contributed by atoms with Crippen molar-refractivity contribution in [2.45, 2.75) is 12.8 Å². The Hall–Kier alpha value is -2.43. The first kappa shape index (κ1) is 11.6. The fraction of sp³-hybridized carbons (Fsp3) is 0.214. The largest absolute Gasteiger partial charge is 0.397 e. The molecule has 1 aliphatic rings. The quantitative estimate of drug-likeness (QED) is 0.839. The standard InChI is InChI=1S/C14H14N4O/c1-18-13-4-2-9(6-10(13)3-5-14(18)19)11-7-16-17-8-12(11)15/h2,4,6-8H,3,5H2,1H3,(H2,15,16). The average Bonchev–Trinajstić information content (AvgIpc) is 2.43. The summed E-state index contributed by atoms with van der Waals surface area (Å²) < 4.78 is 0. The lowest BCUT2D eigenvalue weighted by Gasteiger charge is -2.26. The summed E-state index contributed by atoms with van der Waals surface area (Å²) >= 11 is 0. The van der Waals surface area contributed by atoms with E-state index in [2.05, 4.69) is 16.3 Å². The van der Waals surface area contributed by atoms with Gasteiger partial charge in [0.25, 0.3) is 0 Å². The molecule has 5 heteroatoms. The average molecular weight is 254 g/mol. The van der Waals surface area contributed by atoms with Crippen LogP contribution in [0.2, 0.25) is 0 Å². The molecule has 1 amide bonds. The van der Waals surface area contributed by atoms with Crippen molar-refractivity contribution in [3.8, 4) is 11.1 Å². The Morgan fingerprint density at radius 2 is 2.00 bits per heavy atom. The molecule has 0 bridgehead atoms. The van der Waals surface area contributed by atoms with Crippen LogP contribution in [-0.2, 0) is 11.2 Å². The second-order valence-electron chi connectivity index (χ2n) is 4.65. The molecule has 0 spiro atoms. The Morgan fingerprint density at radius 3 is 2.79 bits per heavy atom. The lowest BCUT2D eigenvalue weighted by Crippen LogP contribution is -2.30. The summed E-state index contributed by atoms with van der Waals surface area (Å²) in [5, 5.41) is 7.62. The minimum absolute atomic E-state index is 0.158. The van der Waals surface area contributed by atoms with E-state index in [9.17, 15) is 4.79 Å². The smallest absolute Gasteiger partial charge is 0.227 e. The monoisotopic (exact) mass is 254 g/mol. The van der Waals surface area contributed by atoms with Crippen LogP contribution in [0.4, 0.5) is 11.4 Å². The number of benzene rings is 1. The molecule has 0 unspecified atom stereocenters. The highest BCUT2D eigenvalue weighted by Gasteiger charge is 2.21. The van der Waals surface area contributed by atoms with Gasteiger partial charge in [0.1, 0.15) is 0 Å². The Morgan fingerprint density at radius 1 is 1.21 bits per heavy atom. The number of amides is 1. The molecule has 0 fully saturated rings. The molecule has 19 heavy (non-hydrogen) atoms. The van der Waals surface area contributed by atoms with Gasteiger partial charge in [-0.15, -0.1) is 0 Å². The summed E-state index contributed by atoms with van der Waals surface area (Å²) in [5.41, 5.74) is 10.5. The number of aromatic nitrogens is 2. The Labute approximate surface area is 111 Å². The van der Waals surface area contributed by atoms with E-state index in [1.165, 1.54) is 0 Å². The van der Waals surface area contributed by atoms with Gasteiger partial charge in [-0.05, 0) is 29.7 Å². The zero-order valence-corrected chi connectivity index (χ0v) is 10.6. The van der Waals surface area contributed by atoms with Crippen LogP contribution in [0.1, 0.15) is 12.0 Å². The molecule has 1 aliphatic heterocycles. The lowest BCUT2D eigenvalue weighted by molar-refractivity contribution is -0.118. The molecule has 2 aromatic rings. The molecule has 0 saturated heterocycles. The first-order chi connectivity index (χ1) is 9.16. The van der Waals surface area contributed by atoms with E-state index in [1.807, 2.05) is 19.2 Å². The van der Waals surface area contributed by atoms with E-state index >= 15 is 0 Å². The van der Waals surface area contributed by atoms with Gasteiger partial charge in [0.2, 0.25) is 5.91 Å². The third-order valence-corrected chi connectivity index (χ3v) is 3.50. The number of hydrogen-bond donors (Lipinski definition) is 1. The maximum atomic E-state index is 11.7. The van der Waals surface area contributed by atoms with E-state index < -0.39 is 0 Å². The van der Waals surface area contributed by atoms with Gasteiger partial charge in [0.05, 0.1) is 18.1 Å². The van der Waals surface area contributed by atoms with Crippen LogP contribution in [0.3, 0.4) is 0 Å². The van der Waals surface area contributed by atoms with Crippen molar-refractivity contribution >= 4 is 17.3 Å². The molecule has 0 radical (unpaired) electrons. The SMILES string of the molecule is CN1C(=O)CCc2cc(-c3cnncc3N)ccc21. The first-order valence-corrected chi connectivity index (χ1v) is 6.13. The van der Waals surface area contributed by atoms with E-state index in [4.69, 9.17) is 5.73 Å². The fourth-order valence-electron chi connectivity index (χ4n) is 2.40. The van der Waals surface area contributed by atoms with Crippen molar-refractivity contribution in [2.24, 2.45) is 0 Å². The Bertz CT molecular complexity index is 654. The zero-order valence-electron chi connectivity index (χ0n) is 10.6. The van der Waals surface area contributed by atoms with Crippen molar-refractivity contribution in [2.75, 3.05) is 17.7 Å². The number of nitrogens with two attached hydrogens (primary N) is 1. The molecular formula is C14H14N4O. The lowest BCUT2D eigenvalue weighted by atomic mass is 9.96. The molecule has 0 aliphatic carbocycles. The van der Waals surface area contributed by atoms with Crippen LogP contribution in [-0.4, -0.2) is 23.2 Å². The van der Waals surface area contributed by atoms with Crippen molar-refractivity contribution in [1.82, 2.24) is 10.2 Å². The molecule has 2 N–H and O–H groups in total. The number of rotatable bonds is 1. The molecule has 3 rings (SSSR count). The van der Waals surface area contributed by atoms with E-state index in [-0.39, 0.29) is 5.91 Å². The maximum Gasteiger partial charge on any atom is 0.227 e. The number of aryl methyl sites for hydroxylation is 1. The minimum atomic E-state index is 0.158. The third kappa shape index (κ3) is 1.93. The van der Waals surface area contributed by atoms with Crippen LogP contribution in [0, 0.1) is 0 Å². The van der Waals surface area contributed by atoms with Gasteiger partial charge in [0.15, 0.2) is 0 Å². The van der Waals surface area contributed by atoms with Crippen LogP contribution in [0.25, 0.3) is 11.1 Å². The van der Waals surface area contributed by atoms with Gasteiger partial charge >= 0.3 is 0 Å². The normalized spacial score (nSPS) is 14.4. The molecule has 0 saturated carbocycles. The van der Waals surface area contributed by atoms with Crippen molar-refractivity contribution < 1.29 is 4.79 Å². The van der Waals surface area contributed by atoms with Gasteiger partial charge in [-0.1, -0.05) is 6.07 Å². The van der Waals surface area contributed by atoms with Crippen LogP contribution in [0.15, 0.2) is 30.6 Å². The number of carbonyl (C=O) groups excluding carboxylic acids is 1. The summed E-state index contributed by atoms with van der Waals surface area (Å²) in [6, 6.07) is 5.99. The maximum absolute atomic E-state index is 11.7. The second kappa shape index (κ2) is 4.35. The predicted molar refractivity (Wildman–Crippen MR) is 73.6 cm³/mol. The highest BCUT2D eigenvalue weighted by molar-refractivity contribution is 5.96. The topological polar surface area (TPSA) is 72.1 Å². The highest BCUT2D eigenvalue weighted by atomic mass is 16.2. The second-order valence-corrected chi connectivity index (χ2v) is 4.65. The van der Waals surface area contributed by atoms with Gasteiger partial charge < -0.3 is 10.6 Å². The van der Waals surface area contributed by atoms with Gasteiger partial charge in [-0.3, -0.25) is 4.79 Å². The molecule has 0 atom stereocenters. The molecule has 1 aromatic carbocycles. The summed E-state index contributed by atoms with van der Waals surface area (Å²) in [7, 11) is 1.81. The zero-order chi connectivity index (χ0) is 13.4. The fourth-order valence-corrected chi connectivity index (χ4v) is 2.40. The van der Waals surface area contributed by atoms with Crippen molar-refractivity contribution in [3.05, 3.63) is 36.2 Å². The van der Waals surface area contributed by atoms with Gasteiger partial charge in [-0.25, -0.2) is 0 Å². The summed E-state index contributed by atoms with van der Waals surface area (Å²) in [5.74, 6) is 0.158. The van der Waals surface area contributed by atoms with E-state index in [1.54, 1.807) is 17.3 Å². The molecule has 96 valence electrons. The predicted octanol–water partition coefficient (Wildman–Crippen LogP) is 1.63. The highest BCUT2D eigenvalue weighted by Crippen LogP contribution is 2.32. The molecule has 2 heterocycles. The van der Waals surface area contributed by atoms with Crippen LogP contribution < -0.4 is 10.6 Å². The van der Waals surface area contributed by atoms with Gasteiger partial charge in [0, 0.05) is 24.7 Å². The summed E-state index contributed by atoms with van der Waals surface area (Å²) in [6.07, 6.45) is 4.53. The number of nitrogens with zero attached hydrogens (tertiary/aromatic N) is 3. The Kier molecular flexibility index (Phi) is 2.67. The Balaban J connectivity index is 2.08. The van der Waals surface area contributed by atoms with Crippen LogP contribution in [0.5, 0.6) is 0 Å². The number of carbonyl (C=O) groups is 1. The summed E-state index contributed by atoms with van der Waals surface area (Å²) in [4.78, 5) is 13.4. The van der Waals surface area contributed by atoms with E-state index in [0.717, 1.165) is 28.8 Å². The van der Waals surface area contributed by atoms with Crippen LogP contribution >= 0.6 is 0 Å². The van der Waals surface area contributed by atoms with Crippen molar-refractivity contribution in [1.29, 1.82) is 0 Å². The molecule has 1 aromatic heterocycles. The first-order valence-electron chi connectivity index (χ1n) is 6.13. The number of nitrogen functional groups attached to an aromatic ring is 1. The van der Waals surface area contributed by atoms with Crippen molar-refractivity contribution in [3.63, 3.8) is 0 Å². The third-order valence-electron chi connectivity index (χ3n) is 3.50. The number of anilines is 2. The van der Waals surface area contributed by atoms with E-state index in [0.29, 0.717) is 12.1 Å². The molecule has 5 nitrogen and oxygen atoms in total. The minimum Gasteiger partial charge on any atom is -0.397 e. The summed E-state index contributed by atoms with van der Waals surface area (Å²) in [6.45, 7) is 0. The number of fused-ring (bicyclic) bond motifs is 1.